The van der Waals surface area contributed by atoms with Gasteiger partial charge in [0.05, 0.1) is 0 Å². The zero-order chi connectivity index (χ0) is 14.3. The Balaban J connectivity index is 2.90. The van der Waals surface area contributed by atoms with Crippen LogP contribution in [0.3, 0.4) is 0 Å². The molecule has 1 heteroatoms. The first-order valence-electron chi connectivity index (χ1n) is 8.00. The largest absolute Gasteiger partial charge is 0.310 e. The monoisotopic (exact) mass is 261 g/mol. The zero-order valence-electron chi connectivity index (χ0n) is 13.4. The molecule has 0 aliphatic heterocycles. The van der Waals surface area contributed by atoms with Crippen molar-refractivity contribution in [2.45, 2.75) is 65.8 Å². The van der Waals surface area contributed by atoms with E-state index in [9.17, 15) is 0 Å². The first-order chi connectivity index (χ1) is 9.17. The SMILES string of the molecule is CCNC(c1ccc(C(C)CC)cc1)C(CC)CC. The Bertz CT molecular complexity index is 337. The molecule has 2 atom stereocenters. The Morgan fingerprint density at radius 2 is 1.37 bits per heavy atom. The summed E-state index contributed by atoms with van der Waals surface area (Å²) < 4.78 is 0. The predicted octanol–water partition coefficient (Wildman–Crippen LogP) is 5.29. The fourth-order valence-electron chi connectivity index (χ4n) is 2.80. The third-order valence-electron chi connectivity index (χ3n) is 4.42. The van der Waals surface area contributed by atoms with Gasteiger partial charge in [0.1, 0.15) is 0 Å². The molecule has 1 nitrogen and oxygen atoms in total. The van der Waals surface area contributed by atoms with E-state index in [1.165, 1.54) is 30.4 Å². The summed E-state index contributed by atoms with van der Waals surface area (Å²) in [6.45, 7) is 12.4. The molecule has 0 fully saturated rings. The summed E-state index contributed by atoms with van der Waals surface area (Å²) in [6, 6.07) is 9.79. The quantitative estimate of drug-likeness (QED) is 0.670. The number of hydrogen-bond donors (Lipinski definition) is 1. The molecule has 0 radical (unpaired) electrons. The second kappa shape index (κ2) is 8.37. The molecule has 0 saturated carbocycles. The van der Waals surface area contributed by atoms with Gasteiger partial charge in [-0.15, -0.1) is 0 Å². The van der Waals surface area contributed by atoms with Gasteiger partial charge in [-0.2, -0.15) is 0 Å². The van der Waals surface area contributed by atoms with E-state index in [-0.39, 0.29) is 0 Å². The Labute approximate surface area is 119 Å². The van der Waals surface area contributed by atoms with E-state index in [1.54, 1.807) is 0 Å². The molecule has 1 aromatic carbocycles. The highest BCUT2D eigenvalue weighted by Gasteiger charge is 2.19. The van der Waals surface area contributed by atoms with Gasteiger partial charge in [0.2, 0.25) is 0 Å². The normalized spacial score (nSPS) is 14.6. The van der Waals surface area contributed by atoms with Gasteiger partial charge < -0.3 is 5.32 Å². The minimum atomic E-state index is 0.506. The van der Waals surface area contributed by atoms with Crippen molar-refractivity contribution < 1.29 is 0 Å². The second-order valence-corrected chi connectivity index (χ2v) is 5.59. The molecule has 2 unspecified atom stereocenters. The summed E-state index contributed by atoms with van der Waals surface area (Å²) in [4.78, 5) is 0. The van der Waals surface area contributed by atoms with E-state index >= 15 is 0 Å². The van der Waals surface area contributed by atoms with Crippen LogP contribution in [0.1, 0.15) is 77.0 Å². The van der Waals surface area contributed by atoms with Gasteiger partial charge >= 0.3 is 0 Å². The summed E-state index contributed by atoms with van der Waals surface area (Å²) in [5.41, 5.74) is 2.91. The van der Waals surface area contributed by atoms with Gasteiger partial charge in [0.25, 0.3) is 0 Å². The number of hydrogen-bond acceptors (Lipinski definition) is 1. The minimum absolute atomic E-state index is 0.506. The molecule has 1 aromatic rings. The van der Waals surface area contributed by atoms with E-state index < -0.39 is 0 Å². The van der Waals surface area contributed by atoms with E-state index in [1.807, 2.05) is 0 Å². The average molecular weight is 261 g/mol. The lowest BCUT2D eigenvalue weighted by molar-refractivity contribution is 0.346. The van der Waals surface area contributed by atoms with Crippen molar-refractivity contribution >= 4 is 0 Å². The molecule has 108 valence electrons. The van der Waals surface area contributed by atoms with E-state index in [0.29, 0.717) is 12.0 Å². The van der Waals surface area contributed by atoms with Crippen molar-refractivity contribution in [3.05, 3.63) is 35.4 Å². The summed E-state index contributed by atoms with van der Waals surface area (Å²) in [5, 5.41) is 3.66. The van der Waals surface area contributed by atoms with Gasteiger partial charge in [-0.25, -0.2) is 0 Å². The standard InChI is InChI=1S/C18H31N/c1-6-14(5)16-10-12-17(13-11-16)18(19-9-4)15(7-2)8-3/h10-15,18-19H,6-9H2,1-5H3. The van der Waals surface area contributed by atoms with E-state index in [2.05, 4.69) is 64.2 Å². The maximum absolute atomic E-state index is 3.66. The minimum Gasteiger partial charge on any atom is -0.310 e. The van der Waals surface area contributed by atoms with Crippen LogP contribution in [0.5, 0.6) is 0 Å². The Kier molecular flexibility index (Phi) is 7.15. The molecule has 0 bridgehead atoms. The maximum Gasteiger partial charge on any atom is 0.0348 e. The fraction of sp³-hybridized carbons (Fsp3) is 0.667. The third-order valence-corrected chi connectivity index (χ3v) is 4.42. The molecule has 0 aromatic heterocycles. The third kappa shape index (κ3) is 4.35. The Morgan fingerprint density at radius 3 is 1.79 bits per heavy atom. The number of nitrogens with one attached hydrogen (secondary N) is 1. The van der Waals surface area contributed by atoms with Gasteiger partial charge in [-0.3, -0.25) is 0 Å². The van der Waals surface area contributed by atoms with E-state index in [4.69, 9.17) is 0 Å². The molecule has 0 aliphatic carbocycles. The number of benzene rings is 1. The van der Waals surface area contributed by atoms with Crippen LogP contribution in [0.15, 0.2) is 24.3 Å². The number of rotatable bonds is 8. The van der Waals surface area contributed by atoms with Gasteiger partial charge in [-0.05, 0) is 35.9 Å². The van der Waals surface area contributed by atoms with Crippen LogP contribution in [0.4, 0.5) is 0 Å². The smallest absolute Gasteiger partial charge is 0.0348 e. The first kappa shape index (κ1) is 16.2. The average Bonchev–Trinajstić information content (AvgIpc) is 2.47. The lowest BCUT2D eigenvalue weighted by atomic mass is 9.87. The van der Waals surface area contributed by atoms with Crippen molar-refractivity contribution in [2.75, 3.05) is 6.54 Å². The first-order valence-corrected chi connectivity index (χ1v) is 8.00. The highest BCUT2D eigenvalue weighted by molar-refractivity contribution is 5.27. The van der Waals surface area contributed by atoms with Crippen molar-refractivity contribution in [1.29, 1.82) is 0 Å². The topological polar surface area (TPSA) is 12.0 Å². The summed E-state index contributed by atoms with van der Waals surface area (Å²) in [5.74, 6) is 1.40. The van der Waals surface area contributed by atoms with Crippen molar-refractivity contribution in [2.24, 2.45) is 5.92 Å². The molecular formula is C18H31N. The summed E-state index contributed by atoms with van der Waals surface area (Å²) in [6.07, 6.45) is 3.69. The molecule has 0 amide bonds. The fourth-order valence-corrected chi connectivity index (χ4v) is 2.80. The lowest BCUT2D eigenvalue weighted by Crippen LogP contribution is -2.27. The van der Waals surface area contributed by atoms with Crippen molar-refractivity contribution in [3.8, 4) is 0 Å². The second-order valence-electron chi connectivity index (χ2n) is 5.59. The van der Waals surface area contributed by atoms with Crippen molar-refractivity contribution in [1.82, 2.24) is 5.32 Å². The van der Waals surface area contributed by atoms with Crippen LogP contribution >= 0.6 is 0 Å². The van der Waals surface area contributed by atoms with Crippen LogP contribution in [0, 0.1) is 5.92 Å². The molecule has 19 heavy (non-hydrogen) atoms. The molecule has 0 spiro atoms. The van der Waals surface area contributed by atoms with Crippen LogP contribution in [-0.2, 0) is 0 Å². The van der Waals surface area contributed by atoms with Crippen LogP contribution in [0.2, 0.25) is 0 Å². The molecule has 1 rings (SSSR count). The van der Waals surface area contributed by atoms with Crippen LogP contribution < -0.4 is 5.32 Å². The molecule has 0 aliphatic rings. The maximum atomic E-state index is 3.66. The molecule has 0 saturated heterocycles. The lowest BCUT2D eigenvalue weighted by Gasteiger charge is -2.27. The van der Waals surface area contributed by atoms with Crippen LogP contribution in [0.25, 0.3) is 0 Å². The Morgan fingerprint density at radius 1 is 0.842 bits per heavy atom. The molecule has 0 heterocycles. The van der Waals surface area contributed by atoms with Gasteiger partial charge in [-0.1, -0.05) is 71.7 Å². The predicted molar refractivity (Wildman–Crippen MR) is 85.6 cm³/mol. The summed E-state index contributed by atoms with van der Waals surface area (Å²) in [7, 11) is 0. The highest BCUT2D eigenvalue weighted by atomic mass is 14.9. The van der Waals surface area contributed by atoms with Gasteiger partial charge in [0.15, 0.2) is 0 Å². The summed E-state index contributed by atoms with van der Waals surface area (Å²) >= 11 is 0. The van der Waals surface area contributed by atoms with Crippen LogP contribution in [-0.4, -0.2) is 6.54 Å². The zero-order valence-corrected chi connectivity index (χ0v) is 13.4. The molecule has 1 N–H and O–H groups in total. The van der Waals surface area contributed by atoms with Gasteiger partial charge in [0, 0.05) is 6.04 Å². The highest BCUT2D eigenvalue weighted by Crippen LogP contribution is 2.28. The molecular weight excluding hydrogens is 230 g/mol. The van der Waals surface area contributed by atoms with Crippen molar-refractivity contribution in [3.63, 3.8) is 0 Å². The van der Waals surface area contributed by atoms with E-state index in [0.717, 1.165) is 12.5 Å². The Hall–Kier alpha value is -0.820.